The molecule has 1 aromatic rings. The van der Waals surface area contributed by atoms with Crippen LogP contribution >= 0.6 is 0 Å². The second kappa shape index (κ2) is 6.32. The standard InChI is InChI=1S/C12H18N4O/c17-12(10-16-7-5-14-6-8-16)15-9-11-1-3-13-4-2-11/h1-4,14H,5-10H2,(H,15,17). The molecule has 1 amide bonds. The summed E-state index contributed by atoms with van der Waals surface area (Å²) < 4.78 is 0. The van der Waals surface area contributed by atoms with E-state index in [-0.39, 0.29) is 5.91 Å². The van der Waals surface area contributed by atoms with Gasteiger partial charge in [-0.15, -0.1) is 0 Å². The van der Waals surface area contributed by atoms with E-state index in [0.29, 0.717) is 13.1 Å². The van der Waals surface area contributed by atoms with Crippen LogP contribution in [0.3, 0.4) is 0 Å². The molecule has 1 aromatic heterocycles. The zero-order valence-corrected chi connectivity index (χ0v) is 9.85. The van der Waals surface area contributed by atoms with E-state index < -0.39 is 0 Å². The Morgan fingerprint density at radius 1 is 1.35 bits per heavy atom. The van der Waals surface area contributed by atoms with Crippen LogP contribution in [0.4, 0.5) is 0 Å². The summed E-state index contributed by atoms with van der Waals surface area (Å²) in [4.78, 5) is 17.8. The number of amides is 1. The second-order valence-corrected chi connectivity index (χ2v) is 4.16. The molecule has 5 heteroatoms. The normalized spacial score (nSPS) is 16.7. The molecule has 2 heterocycles. The molecule has 1 fully saturated rings. The van der Waals surface area contributed by atoms with Gasteiger partial charge >= 0.3 is 0 Å². The van der Waals surface area contributed by atoms with E-state index in [2.05, 4.69) is 20.5 Å². The minimum atomic E-state index is 0.0868. The molecule has 0 bridgehead atoms. The molecule has 1 aliphatic rings. The number of hydrogen-bond acceptors (Lipinski definition) is 4. The topological polar surface area (TPSA) is 57.3 Å². The van der Waals surface area contributed by atoms with E-state index >= 15 is 0 Å². The van der Waals surface area contributed by atoms with Crippen LogP contribution in [0.2, 0.25) is 0 Å². The van der Waals surface area contributed by atoms with E-state index in [4.69, 9.17) is 0 Å². The molecule has 92 valence electrons. The molecule has 1 saturated heterocycles. The van der Waals surface area contributed by atoms with Gasteiger partial charge in [-0.25, -0.2) is 0 Å². The fraction of sp³-hybridized carbons (Fsp3) is 0.500. The lowest BCUT2D eigenvalue weighted by atomic mass is 10.2. The molecule has 0 aliphatic carbocycles. The zero-order chi connectivity index (χ0) is 11.9. The number of piperazine rings is 1. The Hall–Kier alpha value is -1.46. The van der Waals surface area contributed by atoms with Crippen LogP contribution in [0.25, 0.3) is 0 Å². The molecule has 0 spiro atoms. The molecule has 0 aromatic carbocycles. The first kappa shape index (κ1) is 12.0. The summed E-state index contributed by atoms with van der Waals surface area (Å²) in [6, 6.07) is 3.82. The van der Waals surface area contributed by atoms with Crippen molar-refractivity contribution in [3.8, 4) is 0 Å². The van der Waals surface area contributed by atoms with Gasteiger partial charge in [-0.3, -0.25) is 14.7 Å². The SMILES string of the molecule is O=C(CN1CCNCC1)NCc1ccncc1. The highest BCUT2D eigenvalue weighted by molar-refractivity contribution is 5.78. The van der Waals surface area contributed by atoms with Gasteiger partial charge in [0.2, 0.25) is 5.91 Å². The number of rotatable bonds is 4. The Bertz CT molecular complexity index is 349. The van der Waals surface area contributed by atoms with Gasteiger partial charge in [-0.2, -0.15) is 0 Å². The van der Waals surface area contributed by atoms with E-state index in [9.17, 15) is 4.79 Å². The predicted molar refractivity (Wildman–Crippen MR) is 65.4 cm³/mol. The summed E-state index contributed by atoms with van der Waals surface area (Å²) in [6.07, 6.45) is 3.47. The molecule has 2 rings (SSSR count). The molecule has 0 radical (unpaired) electrons. The maximum Gasteiger partial charge on any atom is 0.234 e. The van der Waals surface area contributed by atoms with Gasteiger partial charge in [-0.05, 0) is 17.7 Å². The quantitative estimate of drug-likeness (QED) is 0.744. The largest absolute Gasteiger partial charge is 0.351 e. The fourth-order valence-electron chi connectivity index (χ4n) is 1.83. The monoisotopic (exact) mass is 234 g/mol. The molecule has 0 saturated carbocycles. The van der Waals surface area contributed by atoms with E-state index in [0.717, 1.165) is 31.7 Å². The highest BCUT2D eigenvalue weighted by Gasteiger charge is 2.12. The van der Waals surface area contributed by atoms with Crippen molar-refractivity contribution in [1.82, 2.24) is 20.5 Å². The van der Waals surface area contributed by atoms with Gasteiger partial charge in [0.15, 0.2) is 0 Å². The lowest BCUT2D eigenvalue weighted by Crippen LogP contribution is -2.47. The average molecular weight is 234 g/mol. The van der Waals surface area contributed by atoms with Gasteiger partial charge in [-0.1, -0.05) is 0 Å². The molecule has 5 nitrogen and oxygen atoms in total. The number of nitrogens with zero attached hydrogens (tertiary/aromatic N) is 2. The number of nitrogens with one attached hydrogen (secondary N) is 2. The smallest absolute Gasteiger partial charge is 0.234 e. The van der Waals surface area contributed by atoms with Crippen molar-refractivity contribution >= 4 is 5.91 Å². The van der Waals surface area contributed by atoms with Crippen LogP contribution in [-0.4, -0.2) is 48.5 Å². The third kappa shape index (κ3) is 4.13. The summed E-state index contributed by atoms with van der Waals surface area (Å²) in [7, 11) is 0. The molecule has 0 atom stereocenters. The predicted octanol–water partition coefficient (Wildman–Crippen LogP) is -0.397. The van der Waals surface area contributed by atoms with Crippen molar-refractivity contribution < 1.29 is 4.79 Å². The van der Waals surface area contributed by atoms with Crippen LogP contribution in [0, 0.1) is 0 Å². The minimum absolute atomic E-state index is 0.0868. The Morgan fingerprint density at radius 3 is 2.76 bits per heavy atom. The first-order chi connectivity index (χ1) is 8.34. The number of pyridine rings is 1. The summed E-state index contributed by atoms with van der Waals surface area (Å²) >= 11 is 0. The summed E-state index contributed by atoms with van der Waals surface area (Å²) in [5, 5.41) is 6.18. The Labute approximate surface area is 101 Å². The number of hydrogen-bond donors (Lipinski definition) is 2. The van der Waals surface area contributed by atoms with Crippen LogP contribution in [0.15, 0.2) is 24.5 Å². The number of carbonyl (C=O) groups is 1. The minimum Gasteiger partial charge on any atom is -0.351 e. The third-order valence-electron chi connectivity index (χ3n) is 2.82. The maximum atomic E-state index is 11.7. The van der Waals surface area contributed by atoms with Crippen molar-refractivity contribution in [3.63, 3.8) is 0 Å². The fourth-order valence-corrected chi connectivity index (χ4v) is 1.83. The van der Waals surface area contributed by atoms with Crippen molar-refractivity contribution in [2.75, 3.05) is 32.7 Å². The Balaban J connectivity index is 1.70. The molecule has 0 unspecified atom stereocenters. The van der Waals surface area contributed by atoms with Gasteiger partial charge in [0.05, 0.1) is 6.54 Å². The number of aromatic nitrogens is 1. The summed E-state index contributed by atoms with van der Waals surface area (Å²) in [6.45, 7) is 4.90. The summed E-state index contributed by atoms with van der Waals surface area (Å²) in [5.41, 5.74) is 1.08. The molecule has 17 heavy (non-hydrogen) atoms. The number of carbonyl (C=O) groups excluding carboxylic acids is 1. The maximum absolute atomic E-state index is 11.7. The van der Waals surface area contributed by atoms with Gasteiger partial charge in [0, 0.05) is 45.1 Å². The summed E-state index contributed by atoms with van der Waals surface area (Å²) in [5.74, 6) is 0.0868. The van der Waals surface area contributed by atoms with Crippen molar-refractivity contribution in [1.29, 1.82) is 0 Å². The van der Waals surface area contributed by atoms with Crippen LogP contribution in [0.1, 0.15) is 5.56 Å². The molecular weight excluding hydrogens is 216 g/mol. The second-order valence-electron chi connectivity index (χ2n) is 4.16. The van der Waals surface area contributed by atoms with E-state index in [1.807, 2.05) is 12.1 Å². The third-order valence-corrected chi connectivity index (χ3v) is 2.82. The van der Waals surface area contributed by atoms with Gasteiger partial charge < -0.3 is 10.6 Å². The first-order valence-corrected chi connectivity index (χ1v) is 5.93. The van der Waals surface area contributed by atoms with E-state index in [1.54, 1.807) is 12.4 Å². The molecule has 2 N–H and O–H groups in total. The van der Waals surface area contributed by atoms with Gasteiger partial charge in [0.25, 0.3) is 0 Å². The average Bonchev–Trinajstić information content (AvgIpc) is 2.39. The highest BCUT2D eigenvalue weighted by atomic mass is 16.2. The Morgan fingerprint density at radius 2 is 2.06 bits per heavy atom. The van der Waals surface area contributed by atoms with E-state index in [1.165, 1.54) is 0 Å². The Kier molecular flexibility index (Phi) is 4.46. The van der Waals surface area contributed by atoms with Crippen molar-refractivity contribution in [2.24, 2.45) is 0 Å². The highest BCUT2D eigenvalue weighted by Crippen LogP contribution is 1.96. The van der Waals surface area contributed by atoms with Crippen LogP contribution in [-0.2, 0) is 11.3 Å². The van der Waals surface area contributed by atoms with Crippen LogP contribution in [0.5, 0.6) is 0 Å². The zero-order valence-electron chi connectivity index (χ0n) is 9.85. The van der Waals surface area contributed by atoms with Crippen molar-refractivity contribution in [2.45, 2.75) is 6.54 Å². The van der Waals surface area contributed by atoms with Gasteiger partial charge in [0.1, 0.15) is 0 Å². The van der Waals surface area contributed by atoms with Crippen molar-refractivity contribution in [3.05, 3.63) is 30.1 Å². The lowest BCUT2D eigenvalue weighted by Gasteiger charge is -2.26. The molecule has 1 aliphatic heterocycles. The lowest BCUT2D eigenvalue weighted by molar-refractivity contribution is -0.122. The first-order valence-electron chi connectivity index (χ1n) is 5.93. The molecular formula is C12H18N4O. The van der Waals surface area contributed by atoms with Crippen LogP contribution < -0.4 is 10.6 Å².